The van der Waals surface area contributed by atoms with Crippen molar-refractivity contribution in [3.8, 4) is 11.5 Å². The molecule has 0 spiro atoms. The number of carbonyl (C=O) groups excluding carboxylic acids is 1. The van der Waals surface area contributed by atoms with Crippen molar-refractivity contribution in [3.05, 3.63) is 84.4 Å². The number of fused-ring (bicyclic) bond motifs is 2. The van der Waals surface area contributed by atoms with Crippen LogP contribution in [0.3, 0.4) is 0 Å². The SMILES string of the molecule is O=C(Cl)c1cccc2c(Oc3cccc4ccccc34)cccc12. The number of hydrogen-bond donors (Lipinski definition) is 0. The summed E-state index contributed by atoms with van der Waals surface area (Å²) in [4.78, 5) is 11.6. The van der Waals surface area contributed by atoms with Crippen LogP contribution in [0.4, 0.5) is 0 Å². The largest absolute Gasteiger partial charge is 0.456 e. The van der Waals surface area contributed by atoms with Crippen LogP contribution in [0.25, 0.3) is 21.5 Å². The van der Waals surface area contributed by atoms with Gasteiger partial charge < -0.3 is 4.74 Å². The van der Waals surface area contributed by atoms with Crippen LogP contribution < -0.4 is 4.74 Å². The van der Waals surface area contributed by atoms with E-state index >= 15 is 0 Å². The lowest BCUT2D eigenvalue weighted by Crippen LogP contribution is -1.92. The Kier molecular flexibility index (Phi) is 3.68. The molecule has 0 unspecified atom stereocenters. The molecule has 0 aliphatic carbocycles. The Morgan fingerprint density at radius 3 is 2.08 bits per heavy atom. The molecule has 4 aromatic rings. The molecular weight excluding hydrogens is 320 g/mol. The highest BCUT2D eigenvalue weighted by atomic mass is 35.5. The summed E-state index contributed by atoms with van der Waals surface area (Å²) >= 11 is 5.69. The molecule has 4 aromatic carbocycles. The zero-order chi connectivity index (χ0) is 16.5. The summed E-state index contributed by atoms with van der Waals surface area (Å²) in [5.74, 6) is 1.48. The average Bonchev–Trinajstić information content (AvgIpc) is 2.62. The Hall–Kier alpha value is -2.84. The summed E-state index contributed by atoms with van der Waals surface area (Å²) in [6.07, 6.45) is 0. The van der Waals surface area contributed by atoms with Gasteiger partial charge in [-0.15, -0.1) is 0 Å². The molecule has 0 amide bonds. The topological polar surface area (TPSA) is 26.3 Å². The maximum absolute atomic E-state index is 11.6. The highest BCUT2D eigenvalue weighted by molar-refractivity contribution is 6.68. The molecule has 0 heterocycles. The summed E-state index contributed by atoms with van der Waals surface area (Å²) in [5.41, 5.74) is 0.484. The highest BCUT2D eigenvalue weighted by Gasteiger charge is 2.11. The summed E-state index contributed by atoms with van der Waals surface area (Å²) in [5, 5.41) is 3.34. The maximum Gasteiger partial charge on any atom is 0.253 e. The molecule has 0 fully saturated rings. The number of ether oxygens (including phenoxy) is 1. The molecule has 0 aliphatic heterocycles. The van der Waals surface area contributed by atoms with E-state index in [0.717, 1.165) is 27.3 Å². The lowest BCUT2D eigenvalue weighted by atomic mass is 10.0. The Bertz CT molecular complexity index is 1060. The van der Waals surface area contributed by atoms with E-state index in [9.17, 15) is 4.79 Å². The minimum Gasteiger partial charge on any atom is -0.456 e. The number of rotatable bonds is 3. The Morgan fingerprint density at radius 1 is 0.667 bits per heavy atom. The third-order valence-electron chi connectivity index (χ3n) is 4.06. The highest BCUT2D eigenvalue weighted by Crippen LogP contribution is 2.35. The maximum atomic E-state index is 11.6. The van der Waals surface area contributed by atoms with Gasteiger partial charge in [0.1, 0.15) is 11.5 Å². The van der Waals surface area contributed by atoms with Gasteiger partial charge in [-0.3, -0.25) is 4.79 Å². The lowest BCUT2D eigenvalue weighted by Gasteiger charge is -2.12. The van der Waals surface area contributed by atoms with Gasteiger partial charge in [-0.1, -0.05) is 60.7 Å². The fourth-order valence-corrected chi connectivity index (χ4v) is 3.11. The van der Waals surface area contributed by atoms with Crippen LogP contribution in [0.2, 0.25) is 0 Å². The Labute approximate surface area is 144 Å². The van der Waals surface area contributed by atoms with Crippen molar-refractivity contribution in [2.75, 3.05) is 0 Å². The molecule has 0 saturated heterocycles. The smallest absolute Gasteiger partial charge is 0.253 e. The quantitative estimate of drug-likeness (QED) is 0.420. The summed E-state index contributed by atoms with van der Waals surface area (Å²) in [6, 6.07) is 25.1. The van der Waals surface area contributed by atoms with Crippen molar-refractivity contribution >= 4 is 38.4 Å². The van der Waals surface area contributed by atoms with E-state index < -0.39 is 5.24 Å². The standard InChI is InChI=1S/C21H13ClO2/c22-21(23)18-11-4-10-17-16(18)9-5-13-20(17)24-19-12-3-7-14-6-1-2-8-15(14)19/h1-13H. The lowest BCUT2D eigenvalue weighted by molar-refractivity contribution is 0.108. The first-order valence-corrected chi connectivity index (χ1v) is 7.99. The monoisotopic (exact) mass is 332 g/mol. The van der Waals surface area contributed by atoms with Crippen molar-refractivity contribution in [2.24, 2.45) is 0 Å². The van der Waals surface area contributed by atoms with Crippen LogP contribution >= 0.6 is 11.6 Å². The van der Waals surface area contributed by atoms with Gasteiger partial charge in [-0.25, -0.2) is 0 Å². The Morgan fingerprint density at radius 2 is 1.25 bits per heavy atom. The molecule has 0 atom stereocenters. The molecule has 4 rings (SSSR count). The van der Waals surface area contributed by atoms with Gasteiger partial charge >= 0.3 is 0 Å². The molecule has 24 heavy (non-hydrogen) atoms. The van der Waals surface area contributed by atoms with Crippen molar-refractivity contribution in [1.82, 2.24) is 0 Å². The van der Waals surface area contributed by atoms with Gasteiger partial charge in [0.15, 0.2) is 0 Å². The first kappa shape index (κ1) is 14.7. The van der Waals surface area contributed by atoms with E-state index in [1.54, 1.807) is 6.07 Å². The van der Waals surface area contributed by atoms with Crippen molar-refractivity contribution in [1.29, 1.82) is 0 Å². The van der Waals surface area contributed by atoms with Crippen molar-refractivity contribution in [2.45, 2.75) is 0 Å². The second-order valence-electron chi connectivity index (χ2n) is 5.51. The molecular formula is C21H13ClO2. The van der Waals surface area contributed by atoms with E-state index in [4.69, 9.17) is 16.3 Å². The number of benzene rings is 4. The average molecular weight is 333 g/mol. The van der Waals surface area contributed by atoms with Gasteiger partial charge in [-0.05, 0) is 40.6 Å². The van der Waals surface area contributed by atoms with Crippen LogP contribution in [0.5, 0.6) is 11.5 Å². The minimum absolute atomic E-state index is 0.470. The first-order chi connectivity index (χ1) is 11.7. The molecule has 0 radical (unpaired) electrons. The summed E-state index contributed by atoms with van der Waals surface area (Å²) in [6.45, 7) is 0. The third kappa shape index (κ3) is 2.51. The van der Waals surface area contributed by atoms with Crippen LogP contribution in [-0.2, 0) is 0 Å². The van der Waals surface area contributed by atoms with Crippen LogP contribution in [-0.4, -0.2) is 5.24 Å². The van der Waals surface area contributed by atoms with Crippen molar-refractivity contribution < 1.29 is 9.53 Å². The van der Waals surface area contributed by atoms with Crippen LogP contribution in [0.15, 0.2) is 78.9 Å². The van der Waals surface area contributed by atoms with Crippen LogP contribution in [0, 0.1) is 0 Å². The zero-order valence-corrected chi connectivity index (χ0v) is 13.5. The summed E-state index contributed by atoms with van der Waals surface area (Å²) < 4.78 is 6.19. The predicted octanol–water partition coefficient (Wildman–Crippen LogP) is 6.16. The normalized spacial score (nSPS) is 10.9. The molecule has 0 N–H and O–H groups in total. The second-order valence-corrected chi connectivity index (χ2v) is 5.85. The van der Waals surface area contributed by atoms with E-state index in [-0.39, 0.29) is 0 Å². The van der Waals surface area contributed by atoms with E-state index in [1.807, 2.05) is 60.7 Å². The Balaban J connectivity index is 1.88. The number of carbonyl (C=O) groups is 1. The fourth-order valence-electron chi connectivity index (χ4n) is 2.94. The van der Waals surface area contributed by atoms with E-state index in [1.165, 1.54) is 0 Å². The molecule has 2 nitrogen and oxygen atoms in total. The fraction of sp³-hybridized carbons (Fsp3) is 0. The van der Waals surface area contributed by atoms with Crippen molar-refractivity contribution in [3.63, 3.8) is 0 Å². The third-order valence-corrected chi connectivity index (χ3v) is 4.27. The molecule has 0 aromatic heterocycles. The van der Waals surface area contributed by atoms with Gasteiger partial charge in [0.25, 0.3) is 5.24 Å². The minimum atomic E-state index is -0.470. The number of hydrogen-bond acceptors (Lipinski definition) is 2. The first-order valence-electron chi connectivity index (χ1n) is 7.61. The van der Waals surface area contributed by atoms with Gasteiger partial charge in [0, 0.05) is 16.3 Å². The predicted molar refractivity (Wildman–Crippen MR) is 98.2 cm³/mol. The molecule has 0 aliphatic rings. The van der Waals surface area contributed by atoms with Gasteiger partial charge in [0.05, 0.1) is 0 Å². The molecule has 0 bridgehead atoms. The molecule has 0 saturated carbocycles. The molecule has 3 heteroatoms. The van der Waals surface area contributed by atoms with Crippen LogP contribution in [0.1, 0.15) is 10.4 Å². The zero-order valence-electron chi connectivity index (χ0n) is 12.7. The second kappa shape index (κ2) is 5.99. The van der Waals surface area contributed by atoms with Gasteiger partial charge in [0.2, 0.25) is 0 Å². The molecule has 116 valence electrons. The summed E-state index contributed by atoms with van der Waals surface area (Å²) in [7, 11) is 0. The van der Waals surface area contributed by atoms with E-state index in [0.29, 0.717) is 11.3 Å². The van der Waals surface area contributed by atoms with E-state index in [2.05, 4.69) is 12.1 Å². The number of halogens is 1. The van der Waals surface area contributed by atoms with Gasteiger partial charge in [-0.2, -0.15) is 0 Å².